The molecule has 4 rings (SSSR count). The van der Waals surface area contributed by atoms with Crippen LogP contribution in [0.25, 0.3) is 5.69 Å². The van der Waals surface area contributed by atoms with Crippen LogP contribution in [0.5, 0.6) is 11.5 Å². The summed E-state index contributed by atoms with van der Waals surface area (Å²) in [7, 11) is 0. The SMILES string of the molecule is CC(NCc1cc(Br)c2c(c1)OCCCO2)c1ccc(-n2cncn2)cc1. The number of aromatic nitrogens is 3. The van der Waals surface area contributed by atoms with Gasteiger partial charge in [0.2, 0.25) is 0 Å². The first-order valence-corrected chi connectivity index (χ1v) is 9.76. The molecule has 0 saturated heterocycles. The Labute approximate surface area is 166 Å². The van der Waals surface area contributed by atoms with Gasteiger partial charge in [-0.2, -0.15) is 5.10 Å². The molecule has 7 heteroatoms. The summed E-state index contributed by atoms with van der Waals surface area (Å²) in [5.41, 5.74) is 3.36. The van der Waals surface area contributed by atoms with E-state index in [4.69, 9.17) is 9.47 Å². The minimum atomic E-state index is 0.213. The fourth-order valence-corrected chi connectivity index (χ4v) is 3.64. The third-order valence-corrected chi connectivity index (χ3v) is 5.14. The molecule has 1 N–H and O–H groups in total. The molecule has 27 heavy (non-hydrogen) atoms. The Balaban J connectivity index is 1.42. The molecule has 1 aromatic heterocycles. The highest BCUT2D eigenvalue weighted by Crippen LogP contribution is 2.38. The van der Waals surface area contributed by atoms with Gasteiger partial charge >= 0.3 is 0 Å². The molecule has 1 aliphatic rings. The monoisotopic (exact) mass is 428 g/mol. The Morgan fingerprint density at radius 2 is 2.00 bits per heavy atom. The molecule has 2 heterocycles. The summed E-state index contributed by atoms with van der Waals surface area (Å²) >= 11 is 3.60. The van der Waals surface area contributed by atoms with E-state index >= 15 is 0 Å². The highest BCUT2D eigenvalue weighted by molar-refractivity contribution is 9.10. The highest BCUT2D eigenvalue weighted by atomic mass is 79.9. The van der Waals surface area contributed by atoms with Crippen molar-refractivity contribution in [1.82, 2.24) is 20.1 Å². The Morgan fingerprint density at radius 3 is 2.78 bits per heavy atom. The Kier molecular flexibility index (Phi) is 5.40. The molecule has 6 nitrogen and oxygen atoms in total. The van der Waals surface area contributed by atoms with Crippen LogP contribution in [0.1, 0.15) is 30.5 Å². The van der Waals surface area contributed by atoms with Crippen molar-refractivity contribution in [1.29, 1.82) is 0 Å². The smallest absolute Gasteiger partial charge is 0.175 e. The van der Waals surface area contributed by atoms with Crippen LogP contribution in [0.15, 0.2) is 53.5 Å². The fraction of sp³-hybridized carbons (Fsp3) is 0.300. The summed E-state index contributed by atoms with van der Waals surface area (Å²) < 4.78 is 14.3. The standard InChI is InChI=1S/C20H21BrN4O2/c1-14(16-3-5-17(6-4-16)25-13-22-12-24-25)23-11-15-9-18(21)20-19(10-15)26-7-2-8-27-20/h3-6,9-10,12-14,23H,2,7-8,11H2,1H3. The number of nitrogens with one attached hydrogen (secondary N) is 1. The third-order valence-electron chi connectivity index (χ3n) is 4.55. The molecule has 0 spiro atoms. The van der Waals surface area contributed by atoms with Crippen LogP contribution in [-0.4, -0.2) is 28.0 Å². The third kappa shape index (κ3) is 4.14. The fourth-order valence-electron chi connectivity index (χ4n) is 3.03. The molecule has 2 aromatic carbocycles. The lowest BCUT2D eigenvalue weighted by molar-refractivity contribution is 0.296. The van der Waals surface area contributed by atoms with Gasteiger partial charge < -0.3 is 14.8 Å². The minimum absolute atomic E-state index is 0.213. The number of hydrogen-bond donors (Lipinski definition) is 1. The van der Waals surface area contributed by atoms with E-state index in [1.807, 2.05) is 12.1 Å². The van der Waals surface area contributed by atoms with Crippen LogP contribution in [0, 0.1) is 0 Å². The summed E-state index contributed by atoms with van der Waals surface area (Å²) in [6.07, 6.45) is 4.13. The molecular formula is C20H21BrN4O2. The van der Waals surface area contributed by atoms with Crippen LogP contribution in [0.3, 0.4) is 0 Å². The van der Waals surface area contributed by atoms with E-state index in [1.54, 1.807) is 11.0 Å². The normalized spacial score (nSPS) is 14.6. The van der Waals surface area contributed by atoms with Crippen molar-refractivity contribution in [3.8, 4) is 17.2 Å². The maximum atomic E-state index is 5.81. The molecule has 140 valence electrons. The van der Waals surface area contributed by atoms with Crippen LogP contribution >= 0.6 is 15.9 Å². The van der Waals surface area contributed by atoms with Gasteiger partial charge in [0.05, 0.1) is 23.4 Å². The first kappa shape index (κ1) is 18.0. The summed E-state index contributed by atoms with van der Waals surface area (Å²) in [6.45, 7) is 4.26. The predicted octanol–water partition coefficient (Wildman–Crippen LogP) is 4.04. The van der Waals surface area contributed by atoms with E-state index in [0.717, 1.165) is 40.2 Å². The predicted molar refractivity (Wildman–Crippen MR) is 106 cm³/mol. The molecule has 1 aliphatic heterocycles. The zero-order chi connectivity index (χ0) is 18.6. The number of halogens is 1. The van der Waals surface area contributed by atoms with Gasteiger partial charge in [-0.25, -0.2) is 9.67 Å². The van der Waals surface area contributed by atoms with E-state index in [1.165, 1.54) is 11.9 Å². The molecule has 0 radical (unpaired) electrons. The number of rotatable bonds is 5. The van der Waals surface area contributed by atoms with Gasteiger partial charge in [-0.15, -0.1) is 0 Å². The summed E-state index contributed by atoms with van der Waals surface area (Å²) in [5.74, 6) is 1.61. The van der Waals surface area contributed by atoms with Gasteiger partial charge in [-0.1, -0.05) is 12.1 Å². The van der Waals surface area contributed by atoms with Crippen molar-refractivity contribution in [2.45, 2.75) is 25.9 Å². The van der Waals surface area contributed by atoms with Crippen molar-refractivity contribution in [2.75, 3.05) is 13.2 Å². The summed E-state index contributed by atoms with van der Waals surface area (Å²) in [5, 5.41) is 7.72. The molecule has 1 unspecified atom stereocenters. The molecule has 0 amide bonds. The molecule has 0 saturated carbocycles. The molecular weight excluding hydrogens is 408 g/mol. The zero-order valence-electron chi connectivity index (χ0n) is 15.1. The maximum Gasteiger partial charge on any atom is 0.175 e. The number of hydrogen-bond acceptors (Lipinski definition) is 5. The van der Waals surface area contributed by atoms with Gasteiger partial charge in [0.25, 0.3) is 0 Å². The van der Waals surface area contributed by atoms with Gasteiger partial charge in [0.1, 0.15) is 12.7 Å². The quantitative estimate of drug-likeness (QED) is 0.664. The summed E-state index contributed by atoms with van der Waals surface area (Å²) in [4.78, 5) is 3.98. The molecule has 0 fully saturated rings. The highest BCUT2D eigenvalue weighted by Gasteiger charge is 2.15. The van der Waals surface area contributed by atoms with E-state index < -0.39 is 0 Å². The lowest BCUT2D eigenvalue weighted by Crippen LogP contribution is -2.18. The second-order valence-electron chi connectivity index (χ2n) is 6.49. The van der Waals surface area contributed by atoms with Crippen LogP contribution in [0.2, 0.25) is 0 Å². The lowest BCUT2D eigenvalue weighted by Gasteiger charge is -2.16. The van der Waals surface area contributed by atoms with Crippen molar-refractivity contribution >= 4 is 15.9 Å². The van der Waals surface area contributed by atoms with Gasteiger partial charge in [-0.05, 0) is 58.2 Å². The van der Waals surface area contributed by atoms with E-state index in [2.05, 4.69) is 62.5 Å². The number of benzene rings is 2. The largest absolute Gasteiger partial charge is 0.490 e. The van der Waals surface area contributed by atoms with Gasteiger partial charge in [-0.3, -0.25) is 0 Å². The van der Waals surface area contributed by atoms with Gasteiger partial charge in [0, 0.05) is 19.0 Å². The molecule has 0 aliphatic carbocycles. The topological polar surface area (TPSA) is 61.2 Å². The maximum absolute atomic E-state index is 5.81. The van der Waals surface area contributed by atoms with Crippen LogP contribution < -0.4 is 14.8 Å². The Hall–Kier alpha value is -2.38. The van der Waals surface area contributed by atoms with Gasteiger partial charge in [0.15, 0.2) is 11.5 Å². The zero-order valence-corrected chi connectivity index (χ0v) is 16.6. The Morgan fingerprint density at radius 1 is 1.19 bits per heavy atom. The second-order valence-corrected chi connectivity index (χ2v) is 7.34. The number of nitrogens with zero attached hydrogens (tertiary/aromatic N) is 3. The van der Waals surface area contributed by atoms with E-state index in [-0.39, 0.29) is 6.04 Å². The molecule has 3 aromatic rings. The Bertz CT molecular complexity index is 897. The van der Waals surface area contributed by atoms with Crippen molar-refractivity contribution in [3.63, 3.8) is 0 Å². The minimum Gasteiger partial charge on any atom is -0.490 e. The molecule has 1 atom stereocenters. The summed E-state index contributed by atoms with van der Waals surface area (Å²) in [6, 6.07) is 12.7. The second kappa shape index (κ2) is 8.10. The molecule has 0 bridgehead atoms. The average molecular weight is 429 g/mol. The van der Waals surface area contributed by atoms with Crippen molar-refractivity contribution in [2.24, 2.45) is 0 Å². The average Bonchev–Trinajstić information content (AvgIpc) is 3.12. The number of fused-ring (bicyclic) bond motifs is 1. The first-order chi connectivity index (χ1) is 13.2. The van der Waals surface area contributed by atoms with E-state index in [0.29, 0.717) is 13.2 Å². The van der Waals surface area contributed by atoms with Crippen LogP contribution in [0.4, 0.5) is 0 Å². The van der Waals surface area contributed by atoms with E-state index in [9.17, 15) is 0 Å². The van der Waals surface area contributed by atoms with Crippen LogP contribution in [-0.2, 0) is 6.54 Å². The van der Waals surface area contributed by atoms with Crippen molar-refractivity contribution in [3.05, 3.63) is 64.7 Å². The number of ether oxygens (including phenoxy) is 2. The van der Waals surface area contributed by atoms with Crippen molar-refractivity contribution < 1.29 is 9.47 Å². The lowest BCUT2D eigenvalue weighted by atomic mass is 10.1. The first-order valence-electron chi connectivity index (χ1n) is 8.97.